The van der Waals surface area contributed by atoms with E-state index in [1.54, 1.807) is 6.92 Å². The van der Waals surface area contributed by atoms with Crippen molar-refractivity contribution in [3.8, 4) is 0 Å². The van der Waals surface area contributed by atoms with Gasteiger partial charge in [-0.25, -0.2) is 18.0 Å². The zero-order chi connectivity index (χ0) is 15.6. The van der Waals surface area contributed by atoms with Crippen LogP contribution in [0.2, 0.25) is 0 Å². The Morgan fingerprint density at radius 3 is 2.43 bits per heavy atom. The summed E-state index contributed by atoms with van der Waals surface area (Å²) in [4.78, 5) is 10.9. The third kappa shape index (κ3) is 3.34. The van der Waals surface area contributed by atoms with E-state index in [0.29, 0.717) is 5.69 Å². The molecule has 110 valence electrons. The average molecular weight is 295 g/mol. The van der Waals surface area contributed by atoms with E-state index in [0.717, 1.165) is 30.3 Å². The molecule has 0 saturated heterocycles. The van der Waals surface area contributed by atoms with Gasteiger partial charge in [-0.2, -0.15) is 0 Å². The van der Waals surface area contributed by atoms with E-state index in [9.17, 15) is 18.0 Å². The summed E-state index contributed by atoms with van der Waals surface area (Å²) >= 11 is 0. The molecular formula is C15H12F3NO2. The van der Waals surface area contributed by atoms with Gasteiger partial charge in [0.1, 0.15) is 17.5 Å². The van der Waals surface area contributed by atoms with E-state index in [-0.39, 0.29) is 5.56 Å². The largest absolute Gasteiger partial charge is 0.478 e. The molecule has 21 heavy (non-hydrogen) atoms. The summed E-state index contributed by atoms with van der Waals surface area (Å²) in [6, 6.07) is 5.88. The summed E-state index contributed by atoms with van der Waals surface area (Å²) in [5.74, 6) is -3.43. The number of carboxylic acid groups (broad SMARTS) is 1. The second-order valence-corrected chi connectivity index (χ2v) is 4.53. The Bertz CT molecular complexity index is 689. The molecule has 2 aromatic carbocycles. The number of halogens is 3. The van der Waals surface area contributed by atoms with Crippen molar-refractivity contribution in [3.63, 3.8) is 0 Å². The molecule has 2 rings (SSSR count). The molecule has 0 fully saturated rings. The van der Waals surface area contributed by atoms with E-state index < -0.39 is 35.0 Å². The number of anilines is 1. The van der Waals surface area contributed by atoms with Crippen molar-refractivity contribution in [1.82, 2.24) is 0 Å². The minimum Gasteiger partial charge on any atom is -0.478 e. The molecule has 0 aliphatic heterocycles. The van der Waals surface area contributed by atoms with Crippen molar-refractivity contribution in [2.45, 2.75) is 13.0 Å². The van der Waals surface area contributed by atoms with Crippen molar-refractivity contribution in [3.05, 3.63) is 65.0 Å². The van der Waals surface area contributed by atoms with Crippen molar-refractivity contribution < 1.29 is 23.1 Å². The lowest BCUT2D eigenvalue weighted by Gasteiger charge is -2.17. The molecule has 6 heteroatoms. The van der Waals surface area contributed by atoms with Gasteiger partial charge in [-0.15, -0.1) is 0 Å². The highest BCUT2D eigenvalue weighted by Crippen LogP contribution is 2.24. The van der Waals surface area contributed by atoms with E-state index >= 15 is 0 Å². The number of carboxylic acids is 1. The molecule has 0 heterocycles. The fraction of sp³-hybridized carbons (Fsp3) is 0.133. The van der Waals surface area contributed by atoms with Gasteiger partial charge in [0, 0.05) is 11.3 Å². The SMILES string of the molecule is CC(Nc1ccc(F)c(C(=O)O)c1)c1cc(F)ccc1F. The second kappa shape index (κ2) is 5.87. The normalized spacial score (nSPS) is 12.0. The second-order valence-electron chi connectivity index (χ2n) is 4.53. The lowest BCUT2D eigenvalue weighted by molar-refractivity contribution is 0.0692. The summed E-state index contributed by atoms with van der Waals surface area (Å²) in [5.41, 5.74) is -0.104. The van der Waals surface area contributed by atoms with Gasteiger partial charge < -0.3 is 10.4 Å². The molecule has 0 bridgehead atoms. The quantitative estimate of drug-likeness (QED) is 0.897. The Kier molecular flexibility index (Phi) is 4.16. The van der Waals surface area contributed by atoms with Gasteiger partial charge in [0.2, 0.25) is 0 Å². The van der Waals surface area contributed by atoms with Gasteiger partial charge in [-0.05, 0) is 43.3 Å². The van der Waals surface area contributed by atoms with Gasteiger partial charge in [0.05, 0.1) is 11.6 Å². The van der Waals surface area contributed by atoms with Crippen LogP contribution >= 0.6 is 0 Å². The Morgan fingerprint density at radius 1 is 1.10 bits per heavy atom. The monoisotopic (exact) mass is 295 g/mol. The highest BCUT2D eigenvalue weighted by Gasteiger charge is 2.15. The Hall–Kier alpha value is -2.50. The zero-order valence-electron chi connectivity index (χ0n) is 11.0. The number of hydrogen-bond acceptors (Lipinski definition) is 2. The van der Waals surface area contributed by atoms with Gasteiger partial charge in [-0.3, -0.25) is 0 Å². The molecule has 3 nitrogen and oxygen atoms in total. The van der Waals surface area contributed by atoms with Crippen LogP contribution in [0.15, 0.2) is 36.4 Å². The van der Waals surface area contributed by atoms with Crippen LogP contribution in [-0.2, 0) is 0 Å². The summed E-state index contributed by atoms with van der Waals surface area (Å²) in [6.07, 6.45) is 0. The van der Waals surface area contributed by atoms with E-state index in [1.807, 2.05) is 0 Å². The fourth-order valence-corrected chi connectivity index (χ4v) is 1.95. The number of hydrogen-bond donors (Lipinski definition) is 2. The summed E-state index contributed by atoms with van der Waals surface area (Å²) < 4.78 is 40.1. The standard InChI is InChI=1S/C15H12F3NO2/c1-8(11-6-9(16)2-4-13(11)17)19-10-3-5-14(18)12(7-10)15(20)21/h2-8,19H,1H3,(H,20,21). The first kappa shape index (κ1) is 14.9. The zero-order valence-corrected chi connectivity index (χ0v) is 11.0. The molecule has 0 aliphatic rings. The van der Waals surface area contributed by atoms with Crippen molar-refractivity contribution in [1.29, 1.82) is 0 Å². The van der Waals surface area contributed by atoms with Crippen LogP contribution in [0.4, 0.5) is 18.9 Å². The molecular weight excluding hydrogens is 283 g/mol. The van der Waals surface area contributed by atoms with Gasteiger partial charge in [0.25, 0.3) is 0 Å². The van der Waals surface area contributed by atoms with E-state index in [4.69, 9.17) is 5.11 Å². The first-order valence-corrected chi connectivity index (χ1v) is 6.13. The number of nitrogens with one attached hydrogen (secondary N) is 1. The van der Waals surface area contributed by atoms with Crippen molar-refractivity contribution in [2.75, 3.05) is 5.32 Å². The molecule has 0 aliphatic carbocycles. The molecule has 2 N–H and O–H groups in total. The van der Waals surface area contributed by atoms with Crippen LogP contribution in [-0.4, -0.2) is 11.1 Å². The maximum Gasteiger partial charge on any atom is 0.338 e. The minimum absolute atomic E-state index is 0.0937. The number of benzene rings is 2. The Labute approximate surface area is 119 Å². The molecule has 2 aromatic rings. The summed E-state index contributed by atoms with van der Waals surface area (Å²) in [7, 11) is 0. The number of aromatic carboxylic acids is 1. The summed E-state index contributed by atoms with van der Waals surface area (Å²) in [5, 5.41) is 11.7. The molecule has 0 spiro atoms. The minimum atomic E-state index is -1.40. The molecule has 1 atom stereocenters. The van der Waals surface area contributed by atoms with E-state index in [2.05, 4.69) is 5.32 Å². The molecule has 0 saturated carbocycles. The Balaban J connectivity index is 2.27. The third-order valence-corrected chi connectivity index (χ3v) is 3.00. The average Bonchev–Trinajstić information content (AvgIpc) is 2.43. The van der Waals surface area contributed by atoms with Crippen LogP contribution in [0.1, 0.15) is 28.9 Å². The van der Waals surface area contributed by atoms with Gasteiger partial charge in [-0.1, -0.05) is 0 Å². The lowest BCUT2D eigenvalue weighted by Crippen LogP contribution is -2.10. The molecule has 1 unspecified atom stereocenters. The Morgan fingerprint density at radius 2 is 1.76 bits per heavy atom. The topological polar surface area (TPSA) is 49.3 Å². The maximum absolute atomic E-state index is 13.6. The molecule has 0 aromatic heterocycles. The summed E-state index contributed by atoms with van der Waals surface area (Å²) in [6.45, 7) is 1.58. The number of rotatable bonds is 4. The predicted octanol–water partition coefficient (Wildman–Crippen LogP) is 3.98. The highest BCUT2D eigenvalue weighted by molar-refractivity contribution is 5.89. The van der Waals surface area contributed by atoms with Crippen molar-refractivity contribution >= 4 is 11.7 Å². The first-order chi connectivity index (χ1) is 9.88. The first-order valence-electron chi connectivity index (χ1n) is 6.13. The molecule has 0 radical (unpaired) electrons. The predicted molar refractivity (Wildman–Crippen MR) is 71.8 cm³/mol. The smallest absolute Gasteiger partial charge is 0.338 e. The van der Waals surface area contributed by atoms with Gasteiger partial charge >= 0.3 is 5.97 Å². The number of carbonyl (C=O) groups is 1. The van der Waals surface area contributed by atoms with Crippen LogP contribution < -0.4 is 5.32 Å². The lowest BCUT2D eigenvalue weighted by atomic mass is 10.1. The van der Waals surface area contributed by atoms with Crippen LogP contribution in [0.25, 0.3) is 0 Å². The highest BCUT2D eigenvalue weighted by atomic mass is 19.1. The maximum atomic E-state index is 13.6. The van der Waals surface area contributed by atoms with E-state index in [1.165, 1.54) is 6.07 Å². The molecule has 0 amide bonds. The van der Waals surface area contributed by atoms with Gasteiger partial charge in [0.15, 0.2) is 0 Å². The third-order valence-electron chi connectivity index (χ3n) is 3.00. The van der Waals surface area contributed by atoms with Crippen LogP contribution in [0.3, 0.4) is 0 Å². The fourth-order valence-electron chi connectivity index (χ4n) is 1.95. The van der Waals surface area contributed by atoms with Crippen molar-refractivity contribution in [2.24, 2.45) is 0 Å². The van der Waals surface area contributed by atoms with Crippen LogP contribution in [0, 0.1) is 17.5 Å². The van der Waals surface area contributed by atoms with Crippen LogP contribution in [0.5, 0.6) is 0 Å².